The van der Waals surface area contributed by atoms with E-state index in [2.05, 4.69) is 15.9 Å². The summed E-state index contributed by atoms with van der Waals surface area (Å²) in [6, 6.07) is 9.28. The van der Waals surface area contributed by atoms with E-state index in [4.69, 9.17) is 14.6 Å². The molecule has 2 aromatic carbocycles. The van der Waals surface area contributed by atoms with Gasteiger partial charge in [0.1, 0.15) is 19.0 Å². The van der Waals surface area contributed by atoms with E-state index < -0.39 is 24.0 Å². The van der Waals surface area contributed by atoms with E-state index in [-0.39, 0.29) is 18.8 Å². The zero-order valence-corrected chi connectivity index (χ0v) is 12.6. The Morgan fingerprint density at radius 2 is 1.67 bits per heavy atom. The second-order valence-electron chi connectivity index (χ2n) is 4.20. The van der Waals surface area contributed by atoms with E-state index in [0.29, 0.717) is 5.75 Å². The summed E-state index contributed by atoms with van der Waals surface area (Å²) in [5.41, 5.74) is 0.155. The van der Waals surface area contributed by atoms with Crippen molar-refractivity contribution in [1.82, 2.24) is 0 Å². The van der Waals surface area contributed by atoms with Crippen LogP contribution in [0.5, 0.6) is 11.5 Å². The Morgan fingerprint density at radius 3 is 2.29 bits per heavy atom. The van der Waals surface area contributed by atoms with Gasteiger partial charge in [-0.25, -0.2) is 8.78 Å². The van der Waals surface area contributed by atoms with Gasteiger partial charge >= 0.3 is 0 Å². The van der Waals surface area contributed by atoms with Crippen molar-refractivity contribution in [3.05, 3.63) is 58.1 Å². The third-order valence-corrected chi connectivity index (χ3v) is 3.13. The molecule has 0 fully saturated rings. The van der Waals surface area contributed by atoms with Crippen LogP contribution in [0.15, 0.2) is 40.9 Å². The molecule has 6 heteroatoms. The molecule has 0 radical (unpaired) electrons. The minimum Gasteiger partial charge on any atom is -0.490 e. The third-order valence-electron chi connectivity index (χ3n) is 2.64. The molecule has 0 aliphatic rings. The molecule has 0 spiro atoms. The van der Waals surface area contributed by atoms with Gasteiger partial charge in [-0.15, -0.1) is 0 Å². The highest BCUT2D eigenvalue weighted by Crippen LogP contribution is 2.23. The quantitative estimate of drug-likeness (QED) is 0.800. The van der Waals surface area contributed by atoms with Gasteiger partial charge in [0, 0.05) is 4.47 Å². The van der Waals surface area contributed by atoms with Crippen LogP contribution in [0.2, 0.25) is 0 Å². The van der Waals surface area contributed by atoms with Crippen LogP contribution in [0, 0.1) is 11.6 Å². The van der Waals surface area contributed by atoms with Crippen molar-refractivity contribution in [1.29, 1.82) is 0 Å². The molecule has 3 nitrogen and oxygen atoms in total. The number of hydrogen-bond acceptors (Lipinski definition) is 3. The second kappa shape index (κ2) is 7.38. The summed E-state index contributed by atoms with van der Waals surface area (Å²) in [4.78, 5) is 0. The second-order valence-corrected chi connectivity index (χ2v) is 5.12. The van der Waals surface area contributed by atoms with Gasteiger partial charge in [0.15, 0.2) is 17.4 Å². The maximum Gasteiger partial charge on any atom is 0.190 e. The van der Waals surface area contributed by atoms with Crippen LogP contribution in [0.3, 0.4) is 0 Å². The maximum absolute atomic E-state index is 13.6. The van der Waals surface area contributed by atoms with Crippen molar-refractivity contribution in [3.63, 3.8) is 0 Å². The molecule has 1 N–H and O–H groups in total. The zero-order chi connectivity index (χ0) is 15.2. The van der Waals surface area contributed by atoms with Crippen LogP contribution in [0.4, 0.5) is 8.78 Å². The van der Waals surface area contributed by atoms with Crippen molar-refractivity contribution in [2.24, 2.45) is 0 Å². The molecule has 0 aromatic heterocycles. The lowest BCUT2D eigenvalue weighted by molar-refractivity contribution is 0.204. The Hall–Kier alpha value is -1.66. The fourth-order valence-electron chi connectivity index (χ4n) is 1.70. The fraction of sp³-hybridized carbons (Fsp3) is 0.200. The maximum atomic E-state index is 13.6. The predicted octanol–water partition coefficient (Wildman–Crippen LogP) is 3.68. The molecule has 0 heterocycles. The van der Waals surface area contributed by atoms with Gasteiger partial charge in [0.25, 0.3) is 0 Å². The largest absolute Gasteiger partial charge is 0.490 e. The van der Waals surface area contributed by atoms with E-state index in [0.717, 1.165) is 16.6 Å². The number of hydrogen-bond donors (Lipinski definition) is 1. The van der Waals surface area contributed by atoms with E-state index in [1.165, 1.54) is 0 Å². The van der Waals surface area contributed by atoms with E-state index in [1.54, 1.807) is 12.1 Å². The van der Waals surface area contributed by atoms with Crippen molar-refractivity contribution in [2.45, 2.75) is 6.61 Å². The molecule has 0 aliphatic heterocycles. The number of halogens is 3. The minimum atomic E-state index is -0.846. The molecule has 2 aromatic rings. The van der Waals surface area contributed by atoms with Crippen LogP contribution in [-0.4, -0.2) is 18.3 Å². The van der Waals surface area contributed by atoms with E-state index >= 15 is 0 Å². The van der Waals surface area contributed by atoms with E-state index in [1.807, 2.05) is 12.1 Å². The molecule has 0 atom stereocenters. The molecule has 21 heavy (non-hydrogen) atoms. The summed E-state index contributed by atoms with van der Waals surface area (Å²) in [6.07, 6.45) is 0. The van der Waals surface area contributed by atoms with Crippen LogP contribution < -0.4 is 9.47 Å². The first-order valence-corrected chi connectivity index (χ1v) is 6.99. The first-order valence-electron chi connectivity index (χ1n) is 6.20. The Bertz CT molecular complexity index is 597. The van der Waals surface area contributed by atoms with Gasteiger partial charge in [-0.2, -0.15) is 0 Å². The van der Waals surface area contributed by atoms with Gasteiger partial charge < -0.3 is 14.6 Å². The lowest BCUT2D eigenvalue weighted by atomic mass is 10.2. The Balaban J connectivity index is 1.89. The van der Waals surface area contributed by atoms with Crippen molar-refractivity contribution < 1.29 is 23.4 Å². The minimum absolute atomic E-state index is 0.00117. The average Bonchev–Trinajstić information content (AvgIpc) is 2.45. The van der Waals surface area contributed by atoms with Crippen LogP contribution in [0.1, 0.15) is 5.56 Å². The lowest BCUT2D eigenvalue weighted by Crippen LogP contribution is -2.11. The number of ether oxygens (including phenoxy) is 2. The van der Waals surface area contributed by atoms with Gasteiger partial charge in [0.05, 0.1) is 6.61 Å². The van der Waals surface area contributed by atoms with Crippen molar-refractivity contribution in [2.75, 3.05) is 13.2 Å². The molecular formula is C15H13BrF2O3. The van der Waals surface area contributed by atoms with E-state index in [9.17, 15) is 8.78 Å². The number of benzene rings is 2. The van der Waals surface area contributed by atoms with Gasteiger partial charge in [0.2, 0.25) is 0 Å². The highest BCUT2D eigenvalue weighted by Gasteiger charge is 2.12. The Labute approximate surface area is 129 Å². The molecule has 0 aliphatic carbocycles. The first kappa shape index (κ1) is 15.7. The zero-order valence-electron chi connectivity index (χ0n) is 11.0. The summed E-state index contributed by atoms with van der Waals surface area (Å²) in [5, 5.41) is 8.84. The number of rotatable bonds is 6. The summed E-state index contributed by atoms with van der Waals surface area (Å²) >= 11 is 3.31. The highest BCUT2D eigenvalue weighted by atomic mass is 79.9. The monoisotopic (exact) mass is 358 g/mol. The predicted molar refractivity (Wildman–Crippen MR) is 77.4 cm³/mol. The molecule has 112 valence electrons. The molecule has 2 rings (SSSR count). The summed E-state index contributed by atoms with van der Waals surface area (Å²) in [5.74, 6) is -1.53. The molecule has 0 saturated carbocycles. The van der Waals surface area contributed by atoms with Crippen molar-refractivity contribution in [3.8, 4) is 11.5 Å². The first-order chi connectivity index (χ1) is 10.1. The molecule has 0 bridgehead atoms. The smallest absolute Gasteiger partial charge is 0.190 e. The number of aliphatic hydroxyl groups is 1. The average molecular weight is 359 g/mol. The normalized spacial score (nSPS) is 10.5. The fourth-order valence-corrected chi connectivity index (χ4v) is 2.08. The highest BCUT2D eigenvalue weighted by molar-refractivity contribution is 9.10. The van der Waals surface area contributed by atoms with Crippen LogP contribution >= 0.6 is 15.9 Å². The van der Waals surface area contributed by atoms with Crippen LogP contribution in [-0.2, 0) is 6.61 Å². The summed E-state index contributed by atoms with van der Waals surface area (Å²) in [6.45, 7) is -0.282. The molecule has 0 unspecified atom stereocenters. The summed E-state index contributed by atoms with van der Waals surface area (Å²) in [7, 11) is 0. The number of aliphatic hydroxyl groups excluding tert-OH is 1. The third kappa shape index (κ3) is 4.41. The van der Waals surface area contributed by atoms with Gasteiger partial charge in [-0.3, -0.25) is 0 Å². The molecule has 0 saturated heterocycles. The van der Waals surface area contributed by atoms with Gasteiger partial charge in [-0.05, 0) is 35.9 Å². The SMILES string of the molecule is OCc1cc(F)c(OCCOc2cccc(Br)c2)c(F)c1. The standard InChI is InChI=1S/C15H13BrF2O3/c16-11-2-1-3-12(8-11)20-4-5-21-15-13(17)6-10(9-19)7-14(15)18/h1-3,6-8,19H,4-5,9H2. The molecule has 0 amide bonds. The van der Waals surface area contributed by atoms with Gasteiger partial charge in [-0.1, -0.05) is 22.0 Å². The Morgan fingerprint density at radius 1 is 1.00 bits per heavy atom. The summed E-state index contributed by atoms with van der Waals surface area (Å²) < 4.78 is 38.5. The molecular weight excluding hydrogens is 346 g/mol. The Kier molecular flexibility index (Phi) is 5.52. The van der Waals surface area contributed by atoms with Crippen molar-refractivity contribution >= 4 is 15.9 Å². The van der Waals surface area contributed by atoms with Crippen LogP contribution in [0.25, 0.3) is 0 Å². The lowest BCUT2D eigenvalue weighted by Gasteiger charge is -2.10. The topological polar surface area (TPSA) is 38.7 Å².